The van der Waals surface area contributed by atoms with Crippen LogP contribution >= 0.6 is 0 Å². The lowest BCUT2D eigenvalue weighted by Gasteiger charge is -2.07. The van der Waals surface area contributed by atoms with Gasteiger partial charge in [0, 0.05) is 17.8 Å². The van der Waals surface area contributed by atoms with Gasteiger partial charge in [-0.1, -0.05) is 13.8 Å². The minimum absolute atomic E-state index is 0.0843. The molecule has 90 valence electrons. The van der Waals surface area contributed by atoms with Crippen LogP contribution in [0.15, 0.2) is 23.0 Å². The number of benzene rings is 1. The summed E-state index contributed by atoms with van der Waals surface area (Å²) in [5.41, 5.74) is 0.500. The highest BCUT2D eigenvalue weighted by Crippen LogP contribution is 2.16. The van der Waals surface area contributed by atoms with Crippen molar-refractivity contribution in [2.45, 2.75) is 20.3 Å². The number of nitrogens with one attached hydrogen (secondary N) is 1. The van der Waals surface area contributed by atoms with E-state index in [2.05, 4.69) is 4.98 Å². The molecule has 1 heterocycles. The third kappa shape index (κ3) is 2.35. The number of aromatic nitrogens is 1. The highest BCUT2D eigenvalue weighted by Gasteiger charge is 2.10. The van der Waals surface area contributed by atoms with Gasteiger partial charge in [0.15, 0.2) is 5.43 Å². The molecule has 1 aromatic heterocycles. The maximum atomic E-state index is 13.4. The summed E-state index contributed by atoms with van der Waals surface area (Å²) in [5.74, 6) is -1.15. The summed E-state index contributed by atoms with van der Waals surface area (Å²) in [4.78, 5) is 14.6. The zero-order chi connectivity index (χ0) is 12.6. The van der Waals surface area contributed by atoms with Gasteiger partial charge in [-0.2, -0.15) is 0 Å². The minimum Gasteiger partial charge on any atom is -0.358 e. The molecule has 0 aliphatic carbocycles. The Kier molecular flexibility index (Phi) is 2.96. The van der Waals surface area contributed by atoms with Gasteiger partial charge in [-0.15, -0.1) is 0 Å². The van der Waals surface area contributed by atoms with Crippen LogP contribution in [0.5, 0.6) is 0 Å². The zero-order valence-corrected chi connectivity index (χ0v) is 9.68. The molecule has 17 heavy (non-hydrogen) atoms. The van der Waals surface area contributed by atoms with Crippen LogP contribution in [0.1, 0.15) is 19.5 Å². The van der Waals surface area contributed by atoms with E-state index in [1.165, 1.54) is 6.07 Å². The number of fused-ring (bicyclic) bond motifs is 1. The lowest BCUT2D eigenvalue weighted by molar-refractivity contribution is 0.590. The van der Waals surface area contributed by atoms with Crippen molar-refractivity contribution in [3.63, 3.8) is 0 Å². The first-order chi connectivity index (χ1) is 7.97. The number of aromatic amines is 1. The Bertz CT molecular complexity index is 617. The molecule has 2 rings (SSSR count). The second kappa shape index (κ2) is 4.28. The first-order valence-corrected chi connectivity index (χ1v) is 5.48. The van der Waals surface area contributed by atoms with E-state index in [-0.39, 0.29) is 10.9 Å². The van der Waals surface area contributed by atoms with Gasteiger partial charge in [0.1, 0.15) is 11.6 Å². The normalized spacial score (nSPS) is 11.4. The summed E-state index contributed by atoms with van der Waals surface area (Å²) < 4.78 is 26.5. The number of halogens is 2. The van der Waals surface area contributed by atoms with Crippen molar-refractivity contribution < 1.29 is 8.78 Å². The maximum Gasteiger partial charge on any atom is 0.192 e. The molecule has 0 amide bonds. The minimum atomic E-state index is -0.822. The average molecular weight is 237 g/mol. The van der Waals surface area contributed by atoms with Crippen molar-refractivity contribution in [2.75, 3.05) is 0 Å². The van der Waals surface area contributed by atoms with E-state index < -0.39 is 17.1 Å². The van der Waals surface area contributed by atoms with Crippen molar-refractivity contribution >= 4 is 10.9 Å². The summed E-state index contributed by atoms with van der Waals surface area (Å²) in [6.07, 6.45) is 0.670. The molecule has 2 nitrogen and oxygen atoms in total. The molecule has 0 aliphatic rings. The maximum absolute atomic E-state index is 13.4. The molecule has 0 radical (unpaired) electrons. The highest BCUT2D eigenvalue weighted by atomic mass is 19.1. The summed E-state index contributed by atoms with van der Waals surface area (Å²) in [7, 11) is 0. The van der Waals surface area contributed by atoms with Gasteiger partial charge in [0.25, 0.3) is 0 Å². The van der Waals surface area contributed by atoms with Gasteiger partial charge in [-0.25, -0.2) is 8.78 Å². The van der Waals surface area contributed by atoms with Gasteiger partial charge in [-0.3, -0.25) is 4.79 Å². The first kappa shape index (κ1) is 11.8. The second-order valence-corrected chi connectivity index (χ2v) is 4.57. The highest BCUT2D eigenvalue weighted by molar-refractivity contribution is 5.79. The summed E-state index contributed by atoms with van der Waals surface area (Å²) in [6.45, 7) is 4.02. The van der Waals surface area contributed by atoms with Gasteiger partial charge < -0.3 is 4.98 Å². The van der Waals surface area contributed by atoms with Gasteiger partial charge in [-0.05, 0) is 18.4 Å². The van der Waals surface area contributed by atoms with Crippen LogP contribution in [0, 0.1) is 17.6 Å². The molecule has 0 aliphatic heterocycles. The van der Waals surface area contributed by atoms with Crippen LogP contribution in [0.2, 0.25) is 0 Å². The van der Waals surface area contributed by atoms with Crippen LogP contribution in [-0.2, 0) is 6.42 Å². The number of H-pyrrole nitrogens is 1. The number of pyridine rings is 1. The van der Waals surface area contributed by atoms with Crippen molar-refractivity contribution in [3.05, 3.63) is 45.8 Å². The Balaban J connectivity index is 2.69. The molecule has 2 aromatic rings. The van der Waals surface area contributed by atoms with Crippen LogP contribution < -0.4 is 5.43 Å². The lowest BCUT2D eigenvalue weighted by Crippen LogP contribution is -2.09. The quantitative estimate of drug-likeness (QED) is 0.855. The molecular formula is C13H13F2NO. The number of hydrogen-bond acceptors (Lipinski definition) is 1. The standard InChI is InChI=1S/C13H13F2NO/c1-7(2)3-9-6-12(17)13-10(15)4-8(14)5-11(13)16-9/h4-7H,3H2,1-2H3,(H,16,17). The SMILES string of the molecule is CC(C)Cc1cc(=O)c2c(F)cc(F)cc2[nH]1. The predicted octanol–water partition coefficient (Wildman–Crippen LogP) is 3.00. The smallest absolute Gasteiger partial charge is 0.192 e. The van der Waals surface area contributed by atoms with E-state index in [1.54, 1.807) is 0 Å². The van der Waals surface area contributed by atoms with E-state index in [4.69, 9.17) is 0 Å². The summed E-state index contributed by atoms with van der Waals surface area (Å²) in [5, 5.41) is -0.0843. The summed E-state index contributed by atoms with van der Waals surface area (Å²) >= 11 is 0. The Morgan fingerprint density at radius 2 is 1.94 bits per heavy atom. The summed E-state index contributed by atoms with van der Waals surface area (Å²) in [6, 6.07) is 3.24. The monoisotopic (exact) mass is 237 g/mol. The van der Waals surface area contributed by atoms with Crippen molar-refractivity contribution in [1.82, 2.24) is 4.98 Å². The van der Waals surface area contributed by atoms with Crippen LogP contribution in [0.4, 0.5) is 8.78 Å². The second-order valence-electron chi connectivity index (χ2n) is 4.57. The van der Waals surface area contributed by atoms with Gasteiger partial charge >= 0.3 is 0 Å². The lowest BCUT2D eigenvalue weighted by atomic mass is 10.1. The molecule has 0 fully saturated rings. The van der Waals surface area contributed by atoms with Crippen LogP contribution in [0.3, 0.4) is 0 Å². The van der Waals surface area contributed by atoms with Crippen LogP contribution in [-0.4, -0.2) is 4.98 Å². The Morgan fingerprint density at radius 1 is 1.24 bits per heavy atom. The first-order valence-electron chi connectivity index (χ1n) is 5.48. The average Bonchev–Trinajstić information content (AvgIpc) is 2.13. The topological polar surface area (TPSA) is 32.9 Å². The molecule has 0 spiro atoms. The van der Waals surface area contributed by atoms with Crippen molar-refractivity contribution in [1.29, 1.82) is 0 Å². The molecule has 0 saturated heterocycles. The Labute approximate surface area is 97.3 Å². The van der Waals surface area contributed by atoms with Gasteiger partial charge in [0.2, 0.25) is 0 Å². The largest absolute Gasteiger partial charge is 0.358 e. The molecule has 0 atom stereocenters. The van der Waals surface area contributed by atoms with E-state index in [0.717, 1.165) is 12.1 Å². The van der Waals surface area contributed by atoms with E-state index >= 15 is 0 Å². The third-order valence-corrected chi connectivity index (χ3v) is 2.53. The van der Waals surface area contributed by atoms with Gasteiger partial charge in [0.05, 0.1) is 10.9 Å². The van der Waals surface area contributed by atoms with Crippen molar-refractivity contribution in [2.24, 2.45) is 5.92 Å². The molecule has 0 unspecified atom stereocenters. The van der Waals surface area contributed by atoms with Crippen molar-refractivity contribution in [3.8, 4) is 0 Å². The Hall–Kier alpha value is -1.71. The molecule has 1 aromatic carbocycles. The van der Waals surface area contributed by atoms with Crippen LogP contribution in [0.25, 0.3) is 10.9 Å². The number of rotatable bonds is 2. The molecule has 4 heteroatoms. The third-order valence-electron chi connectivity index (χ3n) is 2.53. The predicted molar refractivity (Wildman–Crippen MR) is 63.0 cm³/mol. The van der Waals surface area contributed by atoms with E-state index in [0.29, 0.717) is 18.0 Å². The fraction of sp³-hybridized carbons (Fsp3) is 0.308. The van der Waals surface area contributed by atoms with E-state index in [9.17, 15) is 13.6 Å². The fourth-order valence-corrected chi connectivity index (χ4v) is 1.91. The molecular weight excluding hydrogens is 224 g/mol. The molecule has 0 saturated carbocycles. The number of hydrogen-bond donors (Lipinski definition) is 1. The van der Waals surface area contributed by atoms with E-state index in [1.807, 2.05) is 13.8 Å². The Morgan fingerprint density at radius 3 is 2.59 bits per heavy atom. The molecule has 1 N–H and O–H groups in total. The molecule has 0 bridgehead atoms. The zero-order valence-electron chi connectivity index (χ0n) is 9.68. The fourth-order valence-electron chi connectivity index (χ4n) is 1.91.